The van der Waals surface area contributed by atoms with Crippen molar-refractivity contribution in [3.8, 4) is 0 Å². The van der Waals surface area contributed by atoms with Crippen molar-refractivity contribution in [2.24, 2.45) is 40.4 Å². The number of rotatable bonds is 3. The molecule has 6 heteroatoms. The number of hydrogen-bond acceptors (Lipinski definition) is 5. The van der Waals surface area contributed by atoms with E-state index in [4.69, 9.17) is 4.74 Å². The Labute approximate surface area is 177 Å². The zero-order valence-electron chi connectivity index (χ0n) is 18.3. The second kappa shape index (κ2) is 7.25. The minimum absolute atomic E-state index is 0.0238. The van der Waals surface area contributed by atoms with E-state index in [1.165, 1.54) is 13.0 Å². The van der Waals surface area contributed by atoms with Crippen molar-refractivity contribution in [3.05, 3.63) is 11.6 Å². The number of esters is 1. The minimum Gasteiger partial charge on any atom is -0.458 e. The smallest absolute Gasteiger partial charge is 0.303 e. The van der Waals surface area contributed by atoms with E-state index in [0.29, 0.717) is 31.3 Å². The van der Waals surface area contributed by atoms with E-state index in [1.54, 1.807) is 0 Å². The van der Waals surface area contributed by atoms with Crippen LogP contribution in [0, 0.1) is 40.4 Å². The number of ketones is 2. The largest absolute Gasteiger partial charge is 0.458 e. The van der Waals surface area contributed by atoms with Crippen LogP contribution in [0.2, 0.25) is 0 Å². The van der Waals surface area contributed by atoms with Crippen molar-refractivity contribution in [1.29, 1.82) is 0 Å². The summed E-state index contributed by atoms with van der Waals surface area (Å²) in [6.45, 7) is 7.16. The summed E-state index contributed by atoms with van der Waals surface area (Å²) in [5, 5.41) is 11.3. The molecule has 3 unspecified atom stereocenters. The predicted molar refractivity (Wildman–Crippen MR) is 108 cm³/mol. The number of carbonyl (C=O) groups excluding carboxylic acids is 3. The third kappa shape index (κ3) is 3.09. The van der Waals surface area contributed by atoms with Crippen LogP contribution >= 0.6 is 0 Å². The predicted octanol–water partition coefficient (Wildman–Crippen LogP) is 3.43. The standard InChI is InChI=1S/C24H33FO5/c1-12-7-16-15-9-18(25)17-8-14(27)5-6-23(17,3)22(15)19(28)10-24(16,4)21(12)20(29)11-30-13(2)26/h8,12,15-16,18-19,21-22,28H,5-7,9-11H2,1-4H3/t12-,15?,16?,18+,19+,21-,22?,23+,24+/m1/s1. The van der Waals surface area contributed by atoms with Gasteiger partial charge in [0, 0.05) is 19.3 Å². The first-order chi connectivity index (χ1) is 14.0. The van der Waals surface area contributed by atoms with Crippen molar-refractivity contribution < 1.29 is 28.6 Å². The van der Waals surface area contributed by atoms with Gasteiger partial charge in [0.2, 0.25) is 0 Å². The minimum atomic E-state index is -1.18. The van der Waals surface area contributed by atoms with Gasteiger partial charge in [-0.05, 0) is 71.8 Å². The normalized spacial score (nSPS) is 47.6. The molecular formula is C24H33FO5. The van der Waals surface area contributed by atoms with Gasteiger partial charge in [0.15, 0.2) is 11.6 Å². The van der Waals surface area contributed by atoms with E-state index in [-0.39, 0.29) is 47.8 Å². The van der Waals surface area contributed by atoms with Gasteiger partial charge in [-0.1, -0.05) is 20.8 Å². The van der Waals surface area contributed by atoms with Crippen LogP contribution in [0.3, 0.4) is 0 Å². The Morgan fingerprint density at radius 1 is 1.30 bits per heavy atom. The van der Waals surface area contributed by atoms with Gasteiger partial charge >= 0.3 is 5.97 Å². The Hall–Kier alpha value is -1.56. The molecule has 0 aromatic heterocycles. The molecule has 3 saturated carbocycles. The molecule has 3 fully saturated rings. The summed E-state index contributed by atoms with van der Waals surface area (Å²) in [5.74, 6) is -0.833. The molecule has 166 valence electrons. The Morgan fingerprint density at radius 2 is 2.00 bits per heavy atom. The lowest BCUT2D eigenvalue weighted by Crippen LogP contribution is -2.59. The summed E-state index contributed by atoms with van der Waals surface area (Å²) in [7, 11) is 0. The number of hydrogen-bond donors (Lipinski definition) is 1. The zero-order chi connectivity index (χ0) is 22.0. The first kappa shape index (κ1) is 21.7. The quantitative estimate of drug-likeness (QED) is 0.708. The van der Waals surface area contributed by atoms with E-state index < -0.39 is 29.1 Å². The van der Waals surface area contributed by atoms with Crippen LogP contribution in [-0.2, 0) is 19.1 Å². The number of allylic oxidation sites excluding steroid dienone is 1. The number of aliphatic hydroxyl groups is 1. The number of alkyl halides is 1. The van der Waals surface area contributed by atoms with Crippen LogP contribution in [0.5, 0.6) is 0 Å². The maximum atomic E-state index is 15.4. The van der Waals surface area contributed by atoms with Gasteiger partial charge in [0.1, 0.15) is 12.8 Å². The number of fused-ring (bicyclic) bond motifs is 5. The Morgan fingerprint density at radius 3 is 2.67 bits per heavy atom. The fourth-order valence-electron chi connectivity index (χ4n) is 8.01. The van der Waals surface area contributed by atoms with Gasteiger partial charge in [0.05, 0.1) is 6.10 Å². The van der Waals surface area contributed by atoms with E-state index >= 15 is 4.39 Å². The molecule has 1 N–H and O–H groups in total. The monoisotopic (exact) mass is 420 g/mol. The molecule has 0 amide bonds. The lowest BCUT2D eigenvalue weighted by atomic mass is 9.45. The molecule has 4 aliphatic rings. The van der Waals surface area contributed by atoms with Crippen LogP contribution < -0.4 is 0 Å². The maximum Gasteiger partial charge on any atom is 0.303 e. The average Bonchev–Trinajstić information content (AvgIpc) is 2.91. The molecule has 4 rings (SSSR count). The topological polar surface area (TPSA) is 80.7 Å². The number of ether oxygens (including phenoxy) is 1. The highest BCUT2D eigenvalue weighted by Gasteiger charge is 2.65. The van der Waals surface area contributed by atoms with Gasteiger partial charge < -0.3 is 9.84 Å². The van der Waals surface area contributed by atoms with Gasteiger partial charge in [-0.2, -0.15) is 0 Å². The molecule has 5 nitrogen and oxygen atoms in total. The van der Waals surface area contributed by atoms with Crippen molar-refractivity contribution >= 4 is 17.5 Å². The molecule has 0 aliphatic heterocycles. The summed E-state index contributed by atoms with van der Waals surface area (Å²) in [6, 6.07) is 0. The van der Waals surface area contributed by atoms with Gasteiger partial charge in [-0.25, -0.2) is 4.39 Å². The number of halogens is 1. The van der Waals surface area contributed by atoms with Crippen LogP contribution in [0.25, 0.3) is 0 Å². The van der Waals surface area contributed by atoms with Gasteiger partial charge in [-0.15, -0.1) is 0 Å². The maximum absolute atomic E-state index is 15.4. The van der Waals surface area contributed by atoms with Crippen molar-refractivity contribution in [2.45, 2.75) is 72.1 Å². The Bertz CT molecular complexity index is 805. The highest BCUT2D eigenvalue weighted by atomic mass is 19.1. The van der Waals surface area contributed by atoms with Gasteiger partial charge in [-0.3, -0.25) is 14.4 Å². The lowest BCUT2D eigenvalue weighted by Gasteiger charge is -2.60. The fraction of sp³-hybridized carbons (Fsp3) is 0.792. The highest BCUT2D eigenvalue weighted by Crippen LogP contribution is 2.68. The lowest BCUT2D eigenvalue weighted by molar-refractivity contribution is -0.156. The third-order valence-corrected chi connectivity index (χ3v) is 8.98. The Balaban J connectivity index is 1.68. The second-order valence-electron chi connectivity index (χ2n) is 10.7. The van der Waals surface area contributed by atoms with Crippen LogP contribution in [0.1, 0.15) is 59.8 Å². The molecule has 30 heavy (non-hydrogen) atoms. The van der Waals surface area contributed by atoms with Crippen molar-refractivity contribution in [1.82, 2.24) is 0 Å². The van der Waals surface area contributed by atoms with E-state index in [2.05, 4.69) is 6.92 Å². The molecular weight excluding hydrogens is 387 g/mol. The first-order valence-corrected chi connectivity index (χ1v) is 11.2. The molecule has 0 aromatic rings. The van der Waals surface area contributed by atoms with E-state index in [1.807, 2.05) is 13.8 Å². The molecule has 0 radical (unpaired) electrons. The first-order valence-electron chi connectivity index (χ1n) is 11.2. The number of Topliss-reactive ketones (excluding diaryl/α,β-unsaturated/α-hetero) is 1. The zero-order valence-corrected chi connectivity index (χ0v) is 18.3. The van der Waals surface area contributed by atoms with E-state index in [0.717, 1.165) is 6.42 Å². The molecule has 0 aromatic carbocycles. The van der Waals surface area contributed by atoms with Crippen LogP contribution in [0.4, 0.5) is 4.39 Å². The molecule has 9 atom stereocenters. The summed E-state index contributed by atoms with van der Waals surface area (Å²) >= 11 is 0. The van der Waals surface area contributed by atoms with Crippen molar-refractivity contribution in [3.63, 3.8) is 0 Å². The van der Waals surface area contributed by atoms with Crippen LogP contribution in [0.15, 0.2) is 11.6 Å². The Kier molecular flexibility index (Phi) is 5.23. The third-order valence-electron chi connectivity index (χ3n) is 8.98. The highest BCUT2D eigenvalue weighted by molar-refractivity contribution is 5.92. The molecule has 0 spiro atoms. The summed E-state index contributed by atoms with van der Waals surface area (Å²) in [6.07, 6.45) is 2.21. The van der Waals surface area contributed by atoms with Gasteiger partial charge in [0.25, 0.3) is 0 Å². The summed E-state index contributed by atoms with van der Waals surface area (Å²) < 4.78 is 20.3. The van der Waals surface area contributed by atoms with Crippen LogP contribution in [-0.4, -0.2) is 41.5 Å². The molecule has 0 saturated heterocycles. The SMILES string of the molecule is CC(=O)OCC(=O)[C@H]1[C@H](C)CC2C3C[C@H](F)C4=CC(=O)CC[C@]4(C)C3[C@@H](O)C[C@@]21C. The average molecular weight is 421 g/mol. The molecule has 4 aliphatic carbocycles. The van der Waals surface area contributed by atoms with Crippen molar-refractivity contribution in [2.75, 3.05) is 6.61 Å². The fourth-order valence-corrected chi connectivity index (χ4v) is 8.01. The summed E-state index contributed by atoms with van der Waals surface area (Å²) in [4.78, 5) is 36.2. The number of carbonyl (C=O) groups is 3. The van der Waals surface area contributed by atoms with E-state index in [9.17, 15) is 19.5 Å². The molecule has 0 heterocycles. The number of aliphatic hydroxyl groups excluding tert-OH is 1. The molecule has 0 bridgehead atoms. The summed E-state index contributed by atoms with van der Waals surface area (Å²) in [5.41, 5.74) is -0.393. The second-order valence-corrected chi connectivity index (χ2v) is 10.7.